The molecular weight excluding hydrogens is 248 g/mol. The first-order valence-corrected chi connectivity index (χ1v) is 6.26. The molecule has 1 heterocycles. The van der Waals surface area contributed by atoms with Gasteiger partial charge in [-0.15, -0.1) is 12.4 Å². The zero-order chi connectivity index (χ0) is 12.3. The van der Waals surface area contributed by atoms with Crippen LogP contribution in [0.4, 0.5) is 0 Å². The highest BCUT2D eigenvalue weighted by molar-refractivity contribution is 5.95. The van der Waals surface area contributed by atoms with Gasteiger partial charge in [-0.3, -0.25) is 4.79 Å². The van der Waals surface area contributed by atoms with Crippen LogP contribution in [0.3, 0.4) is 0 Å². The van der Waals surface area contributed by atoms with Crippen LogP contribution in [-0.4, -0.2) is 25.0 Å². The predicted octanol–water partition coefficient (Wildman–Crippen LogP) is 2.21. The first-order chi connectivity index (χ1) is 8.18. The van der Waals surface area contributed by atoms with Crippen molar-refractivity contribution < 1.29 is 4.79 Å². The van der Waals surface area contributed by atoms with E-state index in [1.54, 1.807) is 0 Å². The Labute approximate surface area is 115 Å². The maximum absolute atomic E-state index is 12.0. The Morgan fingerprint density at radius 3 is 2.89 bits per heavy atom. The Balaban J connectivity index is 0.00000162. The van der Waals surface area contributed by atoms with E-state index in [1.807, 2.05) is 32.0 Å². The zero-order valence-corrected chi connectivity index (χ0v) is 11.8. The minimum atomic E-state index is 0. The van der Waals surface area contributed by atoms with Crippen molar-refractivity contribution in [1.29, 1.82) is 0 Å². The normalized spacial score (nSPS) is 18.2. The second-order valence-corrected chi connectivity index (χ2v) is 4.75. The molecule has 4 heteroatoms. The summed E-state index contributed by atoms with van der Waals surface area (Å²) < 4.78 is 0. The van der Waals surface area contributed by atoms with Crippen molar-refractivity contribution in [3.8, 4) is 0 Å². The van der Waals surface area contributed by atoms with Gasteiger partial charge in [0.15, 0.2) is 0 Å². The molecule has 0 aliphatic carbocycles. The van der Waals surface area contributed by atoms with Crippen molar-refractivity contribution in [1.82, 2.24) is 10.6 Å². The van der Waals surface area contributed by atoms with E-state index < -0.39 is 0 Å². The molecule has 100 valence electrons. The molecule has 2 N–H and O–H groups in total. The molecule has 3 nitrogen and oxygen atoms in total. The largest absolute Gasteiger partial charge is 0.350 e. The lowest BCUT2D eigenvalue weighted by molar-refractivity contribution is 0.0949. The highest BCUT2D eigenvalue weighted by Crippen LogP contribution is 2.12. The number of hydrogen-bond donors (Lipinski definition) is 2. The van der Waals surface area contributed by atoms with Crippen LogP contribution in [0, 0.1) is 13.8 Å². The second kappa shape index (κ2) is 6.76. The minimum Gasteiger partial charge on any atom is -0.350 e. The SMILES string of the molecule is Cc1cccc(C(=O)NCC2CCCN2)c1C.Cl. The molecule has 1 aromatic rings. The lowest BCUT2D eigenvalue weighted by atomic mass is 10.0. The average Bonchev–Trinajstić information content (AvgIpc) is 2.82. The molecule has 1 amide bonds. The summed E-state index contributed by atoms with van der Waals surface area (Å²) in [7, 11) is 0. The van der Waals surface area contributed by atoms with Gasteiger partial charge in [0.05, 0.1) is 0 Å². The Hall–Kier alpha value is -1.06. The van der Waals surface area contributed by atoms with Gasteiger partial charge >= 0.3 is 0 Å². The number of benzene rings is 1. The van der Waals surface area contributed by atoms with Crippen LogP contribution in [-0.2, 0) is 0 Å². The minimum absolute atomic E-state index is 0. The molecule has 2 rings (SSSR count). The van der Waals surface area contributed by atoms with E-state index in [0.717, 1.165) is 36.2 Å². The Bertz CT molecular complexity index is 414. The summed E-state index contributed by atoms with van der Waals surface area (Å²) >= 11 is 0. The van der Waals surface area contributed by atoms with Crippen molar-refractivity contribution in [2.45, 2.75) is 32.7 Å². The van der Waals surface area contributed by atoms with Crippen molar-refractivity contribution >= 4 is 18.3 Å². The van der Waals surface area contributed by atoms with Gasteiger partial charge in [0.25, 0.3) is 5.91 Å². The Morgan fingerprint density at radius 2 is 2.22 bits per heavy atom. The third-order valence-corrected chi connectivity index (χ3v) is 3.52. The molecule has 0 bridgehead atoms. The van der Waals surface area contributed by atoms with E-state index >= 15 is 0 Å². The maximum atomic E-state index is 12.0. The summed E-state index contributed by atoms with van der Waals surface area (Å²) in [4.78, 5) is 12.0. The lowest BCUT2D eigenvalue weighted by Gasteiger charge is -2.13. The molecule has 0 radical (unpaired) electrons. The first-order valence-electron chi connectivity index (χ1n) is 6.26. The number of hydrogen-bond acceptors (Lipinski definition) is 2. The van der Waals surface area contributed by atoms with E-state index in [0.29, 0.717) is 6.04 Å². The van der Waals surface area contributed by atoms with Crippen LogP contribution in [0.25, 0.3) is 0 Å². The second-order valence-electron chi connectivity index (χ2n) is 4.75. The monoisotopic (exact) mass is 268 g/mol. The number of nitrogens with one attached hydrogen (secondary N) is 2. The van der Waals surface area contributed by atoms with Crippen molar-refractivity contribution in [2.75, 3.05) is 13.1 Å². The Morgan fingerprint density at radius 1 is 1.44 bits per heavy atom. The van der Waals surface area contributed by atoms with Gasteiger partial charge in [0.2, 0.25) is 0 Å². The predicted molar refractivity (Wildman–Crippen MR) is 76.5 cm³/mol. The fraction of sp³-hybridized carbons (Fsp3) is 0.500. The Kier molecular flexibility index (Phi) is 5.63. The van der Waals surface area contributed by atoms with Crippen LogP contribution in [0.5, 0.6) is 0 Å². The molecule has 1 unspecified atom stereocenters. The van der Waals surface area contributed by atoms with Gasteiger partial charge < -0.3 is 10.6 Å². The van der Waals surface area contributed by atoms with Crippen LogP contribution >= 0.6 is 12.4 Å². The smallest absolute Gasteiger partial charge is 0.251 e. The molecule has 1 aromatic carbocycles. The number of rotatable bonds is 3. The quantitative estimate of drug-likeness (QED) is 0.883. The summed E-state index contributed by atoms with van der Waals surface area (Å²) in [6, 6.07) is 6.30. The van der Waals surface area contributed by atoms with Crippen LogP contribution in [0.15, 0.2) is 18.2 Å². The number of carbonyl (C=O) groups excluding carboxylic acids is 1. The lowest BCUT2D eigenvalue weighted by Crippen LogP contribution is -2.37. The third-order valence-electron chi connectivity index (χ3n) is 3.52. The summed E-state index contributed by atoms with van der Waals surface area (Å²) in [5.41, 5.74) is 3.03. The average molecular weight is 269 g/mol. The summed E-state index contributed by atoms with van der Waals surface area (Å²) in [6.45, 7) is 5.83. The highest BCUT2D eigenvalue weighted by Gasteiger charge is 2.16. The van der Waals surface area contributed by atoms with Gasteiger partial charge in [-0.1, -0.05) is 12.1 Å². The molecular formula is C14H21ClN2O. The molecule has 0 aromatic heterocycles. The van der Waals surface area contributed by atoms with Crippen LogP contribution in [0.1, 0.15) is 34.3 Å². The summed E-state index contributed by atoms with van der Waals surface area (Å²) in [5, 5.41) is 6.38. The fourth-order valence-corrected chi connectivity index (χ4v) is 2.24. The molecule has 18 heavy (non-hydrogen) atoms. The summed E-state index contributed by atoms with van der Waals surface area (Å²) in [6.07, 6.45) is 2.37. The van der Waals surface area contributed by atoms with E-state index in [9.17, 15) is 4.79 Å². The molecule has 1 atom stereocenters. The van der Waals surface area contributed by atoms with Gasteiger partial charge in [0, 0.05) is 18.2 Å². The zero-order valence-electron chi connectivity index (χ0n) is 11.0. The third kappa shape index (κ3) is 3.47. The molecule has 1 fully saturated rings. The van der Waals surface area contributed by atoms with Crippen molar-refractivity contribution in [3.05, 3.63) is 34.9 Å². The standard InChI is InChI=1S/C14H20N2O.ClH/c1-10-5-3-7-13(11(10)2)14(17)16-9-12-6-4-8-15-12;/h3,5,7,12,15H,4,6,8-9H2,1-2H3,(H,16,17);1H. The number of halogens is 1. The molecule has 1 aliphatic heterocycles. The van der Waals surface area contributed by atoms with E-state index in [2.05, 4.69) is 10.6 Å². The van der Waals surface area contributed by atoms with E-state index in [1.165, 1.54) is 6.42 Å². The van der Waals surface area contributed by atoms with E-state index in [-0.39, 0.29) is 18.3 Å². The number of aryl methyl sites for hydroxylation is 1. The molecule has 1 saturated heterocycles. The van der Waals surface area contributed by atoms with Gasteiger partial charge in [-0.25, -0.2) is 0 Å². The van der Waals surface area contributed by atoms with Gasteiger partial charge in [-0.05, 0) is 50.4 Å². The van der Waals surface area contributed by atoms with Gasteiger partial charge in [0.1, 0.15) is 0 Å². The van der Waals surface area contributed by atoms with E-state index in [4.69, 9.17) is 0 Å². The topological polar surface area (TPSA) is 41.1 Å². The molecule has 1 aliphatic rings. The van der Waals surface area contributed by atoms with Gasteiger partial charge in [-0.2, -0.15) is 0 Å². The molecule has 0 saturated carbocycles. The van der Waals surface area contributed by atoms with Crippen molar-refractivity contribution in [3.63, 3.8) is 0 Å². The fourth-order valence-electron chi connectivity index (χ4n) is 2.24. The summed E-state index contributed by atoms with van der Waals surface area (Å²) in [5.74, 6) is 0.0416. The highest BCUT2D eigenvalue weighted by atomic mass is 35.5. The molecule has 0 spiro atoms. The van der Waals surface area contributed by atoms with Crippen LogP contribution < -0.4 is 10.6 Å². The van der Waals surface area contributed by atoms with Crippen LogP contribution in [0.2, 0.25) is 0 Å². The number of amides is 1. The number of carbonyl (C=O) groups is 1. The maximum Gasteiger partial charge on any atom is 0.251 e. The first kappa shape index (κ1) is 15.0. The van der Waals surface area contributed by atoms with Crippen molar-refractivity contribution in [2.24, 2.45) is 0 Å².